The first-order chi connectivity index (χ1) is 4.70. The van der Waals surface area contributed by atoms with Gasteiger partial charge in [0.1, 0.15) is 0 Å². The number of hydrogen-bond donors (Lipinski definition) is 0. The maximum atomic E-state index is 5.77. The Morgan fingerprint density at radius 1 is 1.30 bits per heavy atom. The zero-order valence-electron chi connectivity index (χ0n) is 5.02. The summed E-state index contributed by atoms with van der Waals surface area (Å²) < 4.78 is 0. The van der Waals surface area contributed by atoms with Gasteiger partial charge in [0.05, 0.1) is 5.38 Å². The topological polar surface area (TPSA) is 0 Å². The molecule has 1 aliphatic rings. The molecule has 0 fully saturated rings. The molecule has 1 rings (SSSR count). The highest BCUT2D eigenvalue weighted by Crippen LogP contribution is 2.21. The lowest BCUT2D eigenvalue weighted by molar-refractivity contribution is 1.36. The van der Waals surface area contributed by atoms with Crippen molar-refractivity contribution in [3.8, 4) is 0 Å². The van der Waals surface area contributed by atoms with Gasteiger partial charge in [0.15, 0.2) is 0 Å². The van der Waals surface area contributed by atoms with E-state index in [-0.39, 0.29) is 5.38 Å². The summed E-state index contributed by atoms with van der Waals surface area (Å²) in [7, 11) is 0. The Morgan fingerprint density at radius 2 is 2.00 bits per heavy atom. The molecule has 10 heavy (non-hydrogen) atoms. The molecule has 0 spiro atoms. The van der Waals surface area contributed by atoms with Gasteiger partial charge in [0.25, 0.3) is 0 Å². The molecule has 0 saturated carbocycles. The lowest BCUT2D eigenvalue weighted by Gasteiger charge is -1.98. The first kappa shape index (κ1) is 8.19. The van der Waals surface area contributed by atoms with Crippen LogP contribution in [0.3, 0.4) is 0 Å². The van der Waals surface area contributed by atoms with Crippen LogP contribution in [-0.4, -0.2) is 5.38 Å². The summed E-state index contributed by atoms with van der Waals surface area (Å²) in [5, 5.41) is 0.921. The van der Waals surface area contributed by atoms with Crippen molar-refractivity contribution in [3.63, 3.8) is 0 Å². The third-order valence-electron chi connectivity index (χ3n) is 1.08. The number of alkyl halides is 1. The minimum absolute atomic E-state index is 0.288. The van der Waals surface area contributed by atoms with E-state index in [1.54, 1.807) is 24.3 Å². The van der Waals surface area contributed by atoms with Crippen molar-refractivity contribution in [1.29, 1.82) is 0 Å². The van der Waals surface area contributed by atoms with Gasteiger partial charge in [-0.1, -0.05) is 29.3 Å². The standard InChI is InChI=1S/C7H5Cl3/c8-5-2-1-3-6(9)7(10)4-5/h1-4,7H. The van der Waals surface area contributed by atoms with Gasteiger partial charge in [-0.3, -0.25) is 0 Å². The Labute approximate surface area is 74.8 Å². The van der Waals surface area contributed by atoms with Crippen LogP contribution < -0.4 is 0 Å². The Balaban J connectivity index is 2.88. The molecule has 0 aromatic rings. The van der Waals surface area contributed by atoms with Crippen molar-refractivity contribution in [2.24, 2.45) is 0 Å². The largest absolute Gasteiger partial charge is 0.112 e. The average Bonchev–Trinajstić information content (AvgIpc) is 1.96. The van der Waals surface area contributed by atoms with Gasteiger partial charge in [-0.25, -0.2) is 0 Å². The zero-order valence-corrected chi connectivity index (χ0v) is 7.29. The molecular formula is C7H5Cl3. The molecule has 0 radical (unpaired) electrons. The van der Waals surface area contributed by atoms with E-state index in [2.05, 4.69) is 0 Å². The fraction of sp³-hybridized carbons (Fsp3) is 0.143. The summed E-state index contributed by atoms with van der Waals surface area (Å²) in [5.74, 6) is 0. The Kier molecular flexibility index (Phi) is 2.84. The molecule has 3 heteroatoms. The quantitative estimate of drug-likeness (QED) is 0.520. The number of rotatable bonds is 0. The second-order valence-corrected chi connectivity index (χ2v) is 3.21. The predicted molar refractivity (Wildman–Crippen MR) is 46.7 cm³/mol. The van der Waals surface area contributed by atoms with Crippen molar-refractivity contribution in [2.45, 2.75) is 5.38 Å². The van der Waals surface area contributed by atoms with Gasteiger partial charge in [-0.05, 0) is 18.2 Å². The molecule has 1 aliphatic carbocycles. The van der Waals surface area contributed by atoms with E-state index in [1.165, 1.54) is 0 Å². The zero-order chi connectivity index (χ0) is 7.56. The summed E-state index contributed by atoms with van der Waals surface area (Å²) >= 11 is 17.2. The monoisotopic (exact) mass is 194 g/mol. The molecule has 1 atom stereocenters. The van der Waals surface area contributed by atoms with E-state index < -0.39 is 0 Å². The van der Waals surface area contributed by atoms with Crippen LogP contribution in [0.2, 0.25) is 0 Å². The number of hydrogen-bond acceptors (Lipinski definition) is 0. The second kappa shape index (κ2) is 3.47. The first-order valence-electron chi connectivity index (χ1n) is 2.75. The molecule has 0 saturated heterocycles. The van der Waals surface area contributed by atoms with Gasteiger partial charge in [-0.15, -0.1) is 11.6 Å². The predicted octanol–water partition coefficient (Wildman–Crippen LogP) is 3.41. The highest BCUT2D eigenvalue weighted by Gasteiger charge is 2.06. The van der Waals surface area contributed by atoms with Crippen molar-refractivity contribution < 1.29 is 0 Å². The van der Waals surface area contributed by atoms with Gasteiger partial charge < -0.3 is 0 Å². The Bertz CT molecular complexity index is 213. The molecule has 1 unspecified atom stereocenters. The van der Waals surface area contributed by atoms with E-state index in [1.807, 2.05) is 0 Å². The molecule has 0 aromatic heterocycles. The maximum Gasteiger partial charge on any atom is 0.0889 e. The fourth-order valence-electron chi connectivity index (χ4n) is 0.599. The lowest BCUT2D eigenvalue weighted by Crippen LogP contribution is -1.91. The lowest BCUT2D eigenvalue weighted by atomic mass is 10.3. The van der Waals surface area contributed by atoms with Crippen LogP contribution in [-0.2, 0) is 0 Å². The van der Waals surface area contributed by atoms with Crippen LogP contribution >= 0.6 is 34.8 Å². The van der Waals surface area contributed by atoms with Crippen LogP contribution in [0.1, 0.15) is 0 Å². The van der Waals surface area contributed by atoms with Crippen LogP contribution in [0.5, 0.6) is 0 Å². The molecule has 0 N–H and O–H groups in total. The first-order valence-corrected chi connectivity index (χ1v) is 3.94. The van der Waals surface area contributed by atoms with Crippen molar-refractivity contribution >= 4 is 34.8 Å². The van der Waals surface area contributed by atoms with E-state index in [0.717, 1.165) is 0 Å². The highest BCUT2D eigenvalue weighted by atomic mass is 35.5. The van der Waals surface area contributed by atoms with Crippen molar-refractivity contribution in [2.75, 3.05) is 0 Å². The molecule has 0 bridgehead atoms. The van der Waals surface area contributed by atoms with E-state index >= 15 is 0 Å². The Hall–Kier alpha value is 0.0900. The van der Waals surface area contributed by atoms with Crippen molar-refractivity contribution in [1.82, 2.24) is 0 Å². The van der Waals surface area contributed by atoms with Gasteiger partial charge >= 0.3 is 0 Å². The van der Waals surface area contributed by atoms with E-state index in [0.29, 0.717) is 10.1 Å². The summed E-state index contributed by atoms with van der Waals surface area (Å²) in [4.78, 5) is 0. The molecule has 0 aliphatic heterocycles. The highest BCUT2D eigenvalue weighted by molar-refractivity contribution is 6.39. The number of allylic oxidation sites excluding steroid dienone is 6. The molecule has 0 amide bonds. The maximum absolute atomic E-state index is 5.77. The van der Waals surface area contributed by atoms with E-state index in [4.69, 9.17) is 34.8 Å². The minimum atomic E-state index is -0.288. The second-order valence-electron chi connectivity index (χ2n) is 1.86. The SMILES string of the molecule is ClC1=CC(Cl)C(Cl)=CC=C1. The summed E-state index contributed by atoms with van der Waals surface area (Å²) in [6.45, 7) is 0. The third kappa shape index (κ3) is 2.05. The number of halogens is 3. The van der Waals surface area contributed by atoms with Crippen LogP contribution in [0.25, 0.3) is 0 Å². The Morgan fingerprint density at radius 3 is 2.70 bits per heavy atom. The minimum Gasteiger partial charge on any atom is -0.112 e. The molecule has 0 aromatic carbocycles. The van der Waals surface area contributed by atoms with Crippen LogP contribution in [0.4, 0.5) is 0 Å². The molecule has 0 nitrogen and oxygen atoms in total. The average molecular weight is 195 g/mol. The fourth-order valence-corrected chi connectivity index (χ4v) is 1.21. The third-order valence-corrected chi connectivity index (χ3v) is 2.17. The summed E-state index contributed by atoms with van der Waals surface area (Å²) in [5.41, 5.74) is 0. The molecule has 0 heterocycles. The van der Waals surface area contributed by atoms with E-state index in [9.17, 15) is 0 Å². The van der Waals surface area contributed by atoms with Gasteiger partial charge in [0.2, 0.25) is 0 Å². The van der Waals surface area contributed by atoms with Crippen LogP contribution in [0, 0.1) is 0 Å². The normalized spacial score (nSPS) is 25.3. The molecular weight excluding hydrogens is 190 g/mol. The van der Waals surface area contributed by atoms with Crippen LogP contribution in [0.15, 0.2) is 34.4 Å². The smallest absolute Gasteiger partial charge is 0.0889 e. The van der Waals surface area contributed by atoms with Gasteiger partial charge in [0, 0.05) is 10.1 Å². The van der Waals surface area contributed by atoms with Gasteiger partial charge in [-0.2, -0.15) is 0 Å². The molecule has 54 valence electrons. The van der Waals surface area contributed by atoms with Crippen molar-refractivity contribution in [3.05, 3.63) is 34.4 Å². The summed E-state index contributed by atoms with van der Waals surface area (Å²) in [6, 6.07) is 0. The summed E-state index contributed by atoms with van der Waals surface area (Å²) in [6.07, 6.45) is 6.92.